The van der Waals surface area contributed by atoms with Crippen LogP contribution in [-0.4, -0.2) is 0 Å². The maximum atomic E-state index is 5.84. The van der Waals surface area contributed by atoms with Gasteiger partial charge in [-0.05, 0) is 73.3 Å². The zero-order valence-electron chi connectivity index (χ0n) is 12.3. The van der Waals surface area contributed by atoms with Crippen molar-refractivity contribution >= 4 is 11.3 Å². The summed E-state index contributed by atoms with van der Waals surface area (Å²) >= 11 is 1.96. The van der Waals surface area contributed by atoms with E-state index in [4.69, 9.17) is 5.84 Å². The lowest BCUT2D eigenvalue weighted by atomic mass is 10.00. The van der Waals surface area contributed by atoms with E-state index in [0.717, 1.165) is 6.42 Å². The van der Waals surface area contributed by atoms with Crippen molar-refractivity contribution in [1.29, 1.82) is 0 Å². The zero-order valence-corrected chi connectivity index (χ0v) is 13.1. The highest BCUT2D eigenvalue weighted by atomic mass is 32.1. The van der Waals surface area contributed by atoms with E-state index in [0.29, 0.717) is 0 Å². The van der Waals surface area contributed by atoms with E-state index in [-0.39, 0.29) is 6.04 Å². The summed E-state index contributed by atoms with van der Waals surface area (Å²) in [4.78, 5) is 2.99. The van der Waals surface area contributed by atoms with E-state index >= 15 is 0 Å². The van der Waals surface area contributed by atoms with E-state index in [1.54, 1.807) is 21.6 Å². The summed E-state index contributed by atoms with van der Waals surface area (Å²) in [6, 6.07) is 9.63. The van der Waals surface area contributed by atoms with Crippen molar-refractivity contribution in [2.45, 2.75) is 51.0 Å². The number of nitrogens with two attached hydrogens (primary N) is 1. The Morgan fingerprint density at radius 2 is 1.81 bits per heavy atom. The molecule has 0 amide bonds. The molecule has 2 aromatic rings. The van der Waals surface area contributed by atoms with Gasteiger partial charge in [0, 0.05) is 9.75 Å². The molecule has 0 radical (unpaired) electrons. The summed E-state index contributed by atoms with van der Waals surface area (Å²) in [7, 11) is 0. The minimum atomic E-state index is 0.250. The Labute approximate surface area is 130 Å². The van der Waals surface area contributed by atoms with Crippen LogP contribution in [-0.2, 0) is 32.1 Å². The molecule has 3 heteroatoms. The number of rotatable bonds is 4. The predicted molar refractivity (Wildman–Crippen MR) is 88.6 cm³/mol. The summed E-state index contributed by atoms with van der Waals surface area (Å²) in [5, 5.41) is 0. The number of hydrazine groups is 1. The Morgan fingerprint density at radius 3 is 2.67 bits per heavy atom. The molecular weight excluding hydrogens is 276 g/mol. The minimum Gasteiger partial charge on any atom is -0.271 e. The Kier molecular flexibility index (Phi) is 3.57. The Hall–Kier alpha value is -1.16. The molecule has 110 valence electrons. The lowest BCUT2D eigenvalue weighted by molar-refractivity contribution is 0.560. The van der Waals surface area contributed by atoms with Gasteiger partial charge in [-0.15, -0.1) is 11.3 Å². The first-order valence-electron chi connectivity index (χ1n) is 8.02. The maximum absolute atomic E-state index is 5.84. The van der Waals surface area contributed by atoms with Crippen molar-refractivity contribution in [2.24, 2.45) is 5.84 Å². The number of nitrogens with one attached hydrogen (secondary N) is 1. The van der Waals surface area contributed by atoms with Gasteiger partial charge in [-0.1, -0.05) is 18.2 Å². The average Bonchev–Trinajstić information content (AvgIpc) is 3.18. The molecule has 0 saturated heterocycles. The number of hydrogen-bond acceptors (Lipinski definition) is 3. The Balaban J connectivity index is 1.56. The number of aryl methyl sites for hydroxylation is 4. The van der Waals surface area contributed by atoms with Crippen LogP contribution in [0.2, 0.25) is 0 Å². The summed E-state index contributed by atoms with van der Waals surface area (Å²) < 4.78 is 0. The average molecular weight is 298 g/mol. The third kappa shape index (κ3) is 2.54. The first kappa shape index (κ1) is 13.5. The van der Waals surface area contributed by atoms with Gasteiger partial charge in [0.05, 0.1) is 6.04 Å². The molecule has 2 aliphatic rings. The highest BCUT2D eigenvalue weighted by Crippen LogP contribution is 2.35. The topological polar surface area (TPSA) is 38.0 Å². The SMILES string of the molecule is NNC(Cc1ccc2c(c1)CCC2)c1cc2c(s1)CCC2. The highest BCUT2D eigenvalue weighted by Gasteiger charge is 2.20. The molecule has 2 nitrogen and oxygen atoms in total. The van der Waals surface area contributed by atoms with E-state index < -0.39 is 0 Å². The van der Waals surface area contributed by atoms with Crippen LogP contribution in [0.3, 0.4) is 0 Å². The fourth-order valence-corrected chi connectivity index (χ4v) is 5.07. The third-order valence-electron chi connectivity index (χ3n) is 4.91. The van der Waals surface area contributed by atoms with Gasteiger partial charge >= 0.3 is 0 Å². The van der Waals surface area contributed by atoms with E-state index in [1.807, 2.05) is 11.3 Å². The zero-order chi connectivity index (χ0) is 14.2. The minimum absolute atomic E-state index is 0.250. The second-order valence-electron chi connectivity index (χ2n) is 6.33. The van der Waals surface area contributed by atoms with E-state index in [2.05, 4.69) is 29.7 Å². The molecule has 3 N–H and O–H groups in total. The smallest absolute Gasteiger partial charge is 0.0593 e. The van der Waals surface area contributed by atoms with Crippen LogP contribution in [0, 0.1) is 0 Å². The van der Waals surface area contributed by atoms with Crippen molar-refractivity contribution in [3.8, 4) is 0 Å². The molecule has 1 unspecified atom stereocenters. The molecule has 1 atom stereocenters. The monoisotopic (exact) mass is 298 g/mol. The molecule has 4 rings (SSSR count). The van der Waals surface area contributed by atoms with Crippen molar-refractivity contribution in [3.05, 3.63) is 56.3 Å². The maximum Gasteiger partial charge on any atom is 0.0593 e. The third-order valence-corrected chi connectivity index (χ3v) is 6.26. The molecule has 21 heavy (non-hydrogen) atoms. The fourth-order valence-electron chi connectivity index (χ4n) is 3.75. The van der Waals surface area contributed by atoms with Crippen LogP contribution in [0.15, 0.2) is 24.3 Å². The highest BCUT2D eigenvalue weighted by molar-refractivity contribution is 7.12. The van der Waals surface area contributed by atoms with Crippen molar-refractivity contribution in [1.82, 2.24) is 5.43 Å². The van der Waals surface area contributed by atoms with Gasteiger partial charge in [-0.3, -0.25) is 11.3 Å². The van der Waals surface area contributed by atoms with Gasteiger partial charge < -0.3 is 0 Å². The van der Waals surface area contributed by atoms with Gasteiger partial charge in [0.25, 0.3) is 0 Å². The molecule has 0 aliphatic heterocycles. The number of fused-ring (bicyclic) bond motifs is 2. The molecule has 1 aromatic carbocycles. The van der Waals surface area contributed by atoms with Gasteiger partial charge in [0.15, 0.2) is 0 Å². The molecule has 1 heterocycles. The quantitative estimate of drug-likeness (QED) is 0.670. The summed E-state index contributed by atoms with van der Waals surface area (Å²) in [5.74, 6) is 5.84. The van der Waals surface area contributed by atoms with Gasteiger partial charge in [-0.2, -0.15) is 0 Å². The Morgan fingerprint density at radius 1 is 1.00 bits per heavy atom. The first-order chi connectivity index (χ1) is 10.3. The van der Waals surface area contributed by atoms with Crippen LogP contribution in [0.1, 0.15) is 50.9 Å². The van der Waals surface area contributed by atoms with Crippen LogP contribution in [0.25, 0.3) is 0 Å². The van der Waals surface area contributed by atoms with Gasteiger partial charge in [-0.25, -0.2) is 0 Å². The molecule has 0 fully saturated rings. The lowest BCUT2D eigenvalue weighted by Gasteiger charge is -2.15. The molecule has 0 saturated carbocycles. The molecule has 0 spiro atoms. The van der Waals surface area contributed by atoms with Crippen molar-refractivity contribution in [3.63, 3.8) is 0 Å². The van der Waals surface area contributed by atoms with Gasteiger partial charge in [0.2, 0.25) is 0 Å². The lowest BCUT2D eigenvalue weighted by Crippen LogP contribution is -2.29. The largest absolute Gasteiger partial charge is 0.271 e. The summed E-state index contributed by atoms with van der Waals surface area (Å²) in [6.07, 6.45) is 8.65. The van der Waals surface area contributed by atoms with Crippen LogP contribution in [0.5, 0.6) is 0 Å². The van der Waals surface area contributed by atoms with Crippen LogP contribution in [0.4, 0.5) is 0 Å². The van der Waals surface area contributed by atoms with Crippen molar-refractivity contribution < 1.29 is 0 Å². The molecule has 2 aliphatic carbocycles. The normalized spacial score (nSPS) is 17.8. The number of thiophene rings is 1. The molecule has 0 bridgehead atoms. The van der Waals surface area contributed by atoms with Crippen LogP contribution >= 0.6 is 11.3 Å². The standard InChI is InChI=1S/C18H22N2S/c19-20-16(18-11-15-5-2-6-17(15)21-18)10-12-7-8-13-3-1-4-14(13)9-12/h7-9,11,16,20H,1-6,10,19H2. The van der Waals surface area contributed by atoms with E-state index in [1.165, 1.54) is 49.0 Å². The Bertz CT molecular complexity index is 638. The predicted octanol–water partition coefficient (Wildman–Crippen LogP) is 3.47. The number of benzene rings is 1. The second kappa shape index (κ2) is 5.56. The molecule has 1 aromatic heterocycles. The second-order valence-corrected chi connectivity index (χ2v) is 7.50. The van der Waals surface area contributed by atoms with Crippen LogP contribution < -0.4 is 11.3 Å². The summed E-state index contributed by atoms with van der Waals surface area (Å²) in [5.41, 5.74) is 9.10. The number of hydrogen-bond donors (Lipinski definition) is 2. The first-order valence-corrected chi connectivity index (χ1v) is 8.83. The van der Waals surface area contributed by atoms with Gasteiger partial charge in [0.1, 0.15) is 0 Å². The van der Waals surface area contributed by atoms with E-state index in [9.17, 15) is 0 Å². The fraction of sp³-hybridized carbons (Fsp3) is 0.444. The van der Waals surface area contributed by atoms with Crippen molar-refractivity contribution in [2.75, 3.05) is 0 Å². The summed E-state index contributed by atoms with van der Waals surface area (Å²) in [6.45, 7) is 0. The molecular formula is C18H22N2S.